The first-order chi connectivity index (χ1) is 12.6. The molecule has 0 aromatic heterocycles. The number of hydrogen-bond acceptors (Lipinski definition) is 4. The smallest absolute Gasteiger partial charge is 0.245 e. The van der Waals surface area contributed by atoms with Gasteiger partial charge in [-0.15, -0.1) is 0 Å². The van der Waals surface area contributed by atoms with Gasteiger partial charge in [0.1, 0.15) is 0 Å². The maximum atomic E-state index is 12.1. The zero-order valence-corrected chi connectivity index (χ0v) is 16.9. The summed E-state index contributed by atoms with van der Waals surface area (Å²) in [6.07, 6.45) is 16.2. The molecule has 1 saturated carbocycles. The molecule has 0 spiro atoms. The highest BCUT2D eigenvalue weighted by Gasteiger charge is 2.33. The van der Waals surface area contributed by atoms with Crippen molar-refractivity contribution >= 4 is 11.6 Å². The van der Waals surface area contributed by atoms with Crippen molar-refractivity contribution in [3.05, 3.63) is 0 Å². The average molecular weight is 367 g/mol. The van der Waals surface area contributed by atoms with Crippen LogP contribution >= 0.6 is 0 Å². The van der Waals surface area contributed by atoms with Crippen molar-refractivity contribution in [1.29, 1.82) is 0 Å². The van der Waals surface area contributed by atoms with Crippen LogP contribution in [0, 0.1) is 5.92 Å². The highest BCUT2D eigenvalue weighted by molar-refractivity contribution is 5.84. The van der Waals surface area contributed by atoms with Crippen LogP contribution in [0.25, 0.3) is 0 Å². The molecule has 2 rings (SSSR count). The number of hydrazone groups is 1. The molecule has 2 fully saturated rings. The van der Waals surface area contributed by atoms with Gasteiger partial charge in [-0.25, -0.2) is 5.43 Å². The molecule has 1 amide bonds. The second-order valence-electron chi connectivity index (χ2n) is 8.22. The molecule has 150 valence electrons. The van der Waals surface area contributed by atoms with Gasteiger partial charge in [0.25, 0.3) is 0 Å². The summed E-state index contributed by atoms with van der Waals surface area (Å²) in [5.41, 5.74) is 3.70. The van der Waals surface area contributed by atoms with E-state index in [-0.39, 0.29) is 12.3 Å². The fraction of sp³-hybridized carbons (Fsp3) is 0.905. The fourth-order valence-corrected chi connectivity index (χ4v) is 4.06. The number of amides is 1. The lowest BCUT2D eigenvalue weighted by Crippen LogP contribution is -2.33. The van der Waals surface area contributed by atoms with E-state index >= 15 is 0 Å². The molecular formula is C21H38N2O3. The number of ether oxygens (including phenoxy) is 2. The van der Waals surface area contributed by atoms with E-state index in [0.717, 1.165) is 12.1 Å². The van der Waals surface area contributed by atoms with Crippen LogP contribution in [-0.4, -0.2) is 30.6 Å². The molecule has 5 heteroatoms. The lowest BCUT2D eigenvalue weighted by molar-refractivity contribution is -0.159. The minimum absolute atomic E-state index is 0.146. The Labute approximate surface area is 159 Å². The van der Waals surface area contributed by atoms with E-state index in [1.54, 1.807) is 6.92 Å². The highest BCUT2D eigenvalue weighted by Crippen LogP contribution is 2.24. The van der Waals surface area contributed by atoms with Gasteiger partial charge in [-0.3, -0.25) is 4.79 Å². The van der Waals surface area contributed by atoms with Crippen LogP contribution in [0.4, 0.5) is 0 Å². The van der Waals surface area contributed by atoms with Crippen molar-refractivity contribution in [3.63, 3.8) is 0 Å². The zero-order chi connectivity index (χ0) is 18.7. The molecule has 1 aliphatic carbocycles. The quantitative estimate of drug-likeness (QED) is 0.553. The molecule has 0 atom stereocenters. The molecular weight excluding hydrogens is 328 g/mol. The third-order valence-corrected chi connectivity index (χ3v) is 5.56. The Morgan fingerprint density at radius 3 is 2.00 bits per heavy atom. The molecule has 0 radical (unpaired) electrons. The van der Waals surface area contributed by atoms with Crippen molar-refractivity contribution in [2.45, 2.75) is 103 Å². The Hall–Kier alpha value is -0.940. The summed E-state index contributed by atoms with van der Waals surface area (Å²) >= 11 is 0. The monoisotopic (exact) mass is 366 g/mol. The maximum Gasteiger partial charge on any atom is 0.245 e. The van der Waals surface area contributed by atoms with Crippen LogP contribution in [0.15, 0.2) is 5.10 Å². The normalized spacial score (nSPS) is 23.8. The second-order valence-corrected chi connectivity index (χ2v) is 8.22. The minimum Gasteiger partial charge on any atom is -0.347 e. The maximum absolute atomic E-state index is 12.1. The summed E-state index contributed by atoms with van der Waals surface area (Å²) in [5.74, 6) is -0.234. The average Bonchev–Trinajstić information content (AvgIpc) is 3.01. The predicted molar refractivity (Wildman–Crippen MR) is 105 cm³/mol. The number of carbonyl (C=O) groups excluding carboxylic acids is 1. The van der Waals surface area contributed by atoms with Crippen LogP contribution in [0.3, 0.4) is 0 Å². The number of nitrogens with zero attached hydrogens (tertiary/aromatic N) is 1. The van der Waals surface area contributed by atoms with Gasteiger partial charge in [0.2, 0.25) is 5.91 Å². The molecule has 26 heavy (non-hydrogen) atoms. The van der Waals surface area contributed by atoms with E-state index in [0.29, 0.717) is 19.1 Å². The Morgan fingerprint density at radius 2 is 1.46 bits per heavy atom. The fourth-order valence-electron chi connectivity index (χ4n) is 4.06. The number of rotatable bonds is 5. The number of hydrogen-bond donors (Lipinski definition) is 1. The molecule has 1 saturated heterocycles. The van der Waals surface area contributed by atoms with E-state index < -0.39 is 5.79 Å². The molecule has 0 aromatic rings. The Kier molecular flexibility index (Phi) is 9.62. The van der Waals surface area contributed by atoms with Gasteiger partial charge in [0.15, 0.2) is 5.79 Å². The molecule has 1 N–H and O–H groups in total. The Bertz CT molecular complexity index is 433. The number of carbonyl (C=O) groups is 1. The first-order valence-corrected chi connectivity index (χ1v) is 10.7. The second kappa shape index (κ2) is 11.7. The molecule has 0 unspecified atom stereocenters. The predicted octanol–water partition coefficient (Wildman–Crippen LogP) is 4.94. The number of nitrogens with one attached hydrogen (secondary N) is 1. The van der Waals surface area contributed by atoms with Crippen LogP contribution in [0.1, 0.15) is 97.3 Å². The third kappa shape index (κ3) is 8.63. The van der Waals surface area contributed by atoms with Gasteiger partial charge in [-0.05, 0) is 26.2 Å². The van der Waals surface area contributed by atoms with Crippen molar-refractivity contribution in [1.82, 2.24) is 5.43 Å². The van der Waals surface area contributed by atoms with Gasteiger partial charge in [-0.2, -0.15) is 5.10 Å². The molecule has 1 heterocycles. The van der Waals surface area contributed by atoms with E-state index in [4.69, 9.17) is 9.47 Å². The van der Waals surface area contributed by atoms with E-state index in [2.05, 4.69) is 10.5 Å². The minimum atomic E-state index is -0.791. The standard InChI is InChI=1S/C21H38N2O3/c1-18(22-23-20(24)17-21(2)25-14-15-26-21)16-19-12-10-8-6-4-3-5-7-9-11-13-19/h19H,3-17H2,1-2H3,(H,23,24). The van der Waals surface area contributed by atoms with Gasteiger partial charge < -0.3 is 9.47 Å². The Balaban J connectivity index is 1.74. The SMILES string of the molecule is CC(CC1CCCCCCCCCCC1)=NNC(=O)CC1(C)OCCO1. The van der Waals surface area contributed by atoms with E-state index in [1.165, 1.54) is 70.6 Å². The largest absolute Gasteiger partial charge is 0.347 e. The Morgan fingerprint density at radius 1 is 0.962 bits per heavy atom. The summed E-state index contributed by atoms with van der Waals surface area (Å²) in [5, 5.41) is 4.33. The summed E-state index contributed by atoms with van der Waals surface area (Å²) in [6, 6.07) is 0. The lowest BCUT2D eigenvalue weighted by atomic mass is 9.89. The van der Waals surface area contributed by atoms with Crippen molar-refractivity contribution in [2.24, 2.45) is 11.0 Å². The van der Waals surface area contributed by atoms with Crippen molar-refractivity contribution < 1.29 is 14.3 Å². The zero-order valence-electron chi connectivity index (χ0n) is 16.9. The van der Waals surface area contributed by atoms with Gasteiger partial charge in [0, 0.05) is 5.71 Å². The summed E-state index contributed by atoms with van der Waals surface area (Å²) in [7, 11) is 0. The summed E-state index contributed by atoms with van der Waals surface area (Å²) < 4.78 is 10.9. The first kappa shape index (κ1) is 21.4. The van der Waals surface area contributed by atoms with E-state index in [1.807, 2.05) is 6.92 Å². The van der Waals surface area contributed by atoms with Gasteiger partial charge >= 0.3 is 0 Å². The molecule has 2 aliphatic rings. The van der Waals surface area contributed by atoms with Gasteiger partial charge in [-0.1, -0.05) is 70.6 Å². The molecule has 0 aromatic carbocycles. The summed E-state index contributed by atoms with van der Waals surface area (Å²) in [4.78, 5) is 12.1. The lowest BCUT2D eigenvalue weighted by Gasteiger charge is -2.21. The first-order valence-electron chi connectivity index (χ1n) is 10.7. The molecule has 1 aliphatic heterocycles. The summed E-state index contributed by atoms with van der Waals surface area (Å²) in [6.45, 7) is 4.93. The third-order valence-electron chi connectivity index (χ3n) is 5.56. The van der Waals surface area contributed by atoms with Crippen LogP contribution in [0.5, 0.6) is 0 Å². The van der Waals surface area contributed by atoms with Crippen molar-refractivity contribution in [2.75, 3.05) is 13.2 Å². The van der Waals surface area contributed by atoms with Crippen molar-refractivity contribution in [3.8, 4) is 0 Å². The molecule has 5 nitrogen and oxygen atoms in total. The van der Waals surface area contributed by atoms with Crippen LogP contribution in [-0.2, 0) is 14.3 Å². The van der Waals surface area contributed by atoms with E-state index in [9.17, 15) is 4.79 Å². The van der Waals surface area contributed by atoms with Crippen LogP contribution < -0.4 is 5.43 Å². The molecule has 0 bridgehead atoms. The topological polar surface area (TPSA) is 59.9 Å². The van der Waals surface area contributed by atoms with Gasteiger partial charge in [0.05, 0.1) is 19.6 Å². The highest BCUT2D eigenvalue weighted by atomic mass is 16.7. The van der Waals surface area contributed by atoms with Crippen LogP contribution in [0.2, 0.25) is 0 Å².